The first-order chi connectivity index (χ1) is 14.6. The number of carbonyl (C=O) groups excluding carboxylic acids is 2. The van der Waals surface area contributed by atoms with E-state index in [9.17, 15) is 9.59 Å². The maximum atomic E-state index is 12.4. The van der Waals surface area contributed by atoms with Gasteiger partial charge in [-0.1, -0.05) is 6.07 Å². The van der Waals surface area contributed by atoms with Crippen molar-refractivity contribution in [1.29, 1.82) is 0 Å². The highest BCUT2D eigenvalue weighted by molar-refractivity contribution is 14.0. The van der Waals surface area contributed by atoms with Gasteiger partial charge in [0, 0.05) is 39.8 Å². The number of hydrogen-bond acceptors (Lipinski definition) is 6. The zero-order valence-corrected chi connectivity index (χ0v) is 20.1. The molecule has 1 aromatic heterocycles. The van der Waals surface area contributed by atoms with Crippen LogP contribution in [0, 0.1) is 0 Å². The quantitative estimate of drug-likeness (QED) is 0.268. The maximum absolute atomic E-state index is 12.4. The van der Waals surface area contributed by atoms with Crippen LogP contribution in [-0.4, -0.2) is 75.1 Å². The van der Waals surface area contributed by atoms with Crippen LogP contribution in [0.15, 0.2) is 46.0 Å². The van der Waals surface area contributed by atoms with Gasteiger partial charge in [-0.25, -0.2) is 4.79 Å². The first-order valence-corrected chi connectivity index (χ1v) is 9.61. The predicted molar refractivity (Wildman–Crippen MR) is 126 cm³/mol. The molecule has 0 radical (unpaired) electrons. The molecule has 0 unspecified atom stereocenters. The number of nitrogens with zero attached hydrogens (tertiary/aromatic N) is 3. The van der Waals surface area contributed by atoms with Crippen LogP contribution in [0.4, 0.5) is 0 Å². The molecule has 0 spiro atoms. The molecule has 10 heteroatoms. The molecule has 1 saturated heterocycles. The zero-order chi connectivity index (χ0) is 21.5. The Bertz CT molecular complexity index is 908. The number of furan rings is 1. The Morgan fingerprint density at radius 2 is 1.84 bits per heavy atom. The fourth-order valence-electron chi connectivity index (χ4n) is 3.33. The van der Waals surface area contributed by atoms with Crippen molar-refractivity contribution >= 4 is 41.8 Å². The van der Waals surface area contributed by atoms with Crippen molar-refractivity contribution < 1.29 is 23.5 Å². The van der Waals surface area contributed by atoms with Gasteiger partial charge in [0.2, 0.25) is 0 Å². The first-order valence-electron chi connectivity index (χ1n) is 9.61. The second-order valence-corrected chi connectivity index (χ2v) is 6.68. The fourth-order valence-corrected chi connectivity index (χ4v) is 3.33. The van der Waals surface area contributed by atoms with Crippen molar-refractivity contribution in [3.05, 3.63) is 53.5 Å². The van der Waals surface area contributed by atoms with Crippen molar-refractivity contribution in [2.24, 2.45) is 4.99 Å². The van der Waals surface area contributed by atoms with Crippen molar-refractivity contribution in [3.8, 4) is 5.75 Å². The summed E-state index contributed by atoms with van der Waals surface area (Å²) in [4.78, 5) is 32.6. The Labute approximate surface area is 198 Å². The smallest absolute Gasteiger partial charge is 0.341 e. The number of carbonyl (C=O) groups is 2. The number of aliphatic imine (C=N–C) groups is 1. The largest absolute Gasteiger partial charge is 0.496 e. The lowest BCUT2D eigenvalue weighted by molar-refractivity contribution is 0.0596. The van der Waals surface area contributed by atoms with Crippen LogP contribution >= 0.6 is 24.0 Å². The Kier molecular flexibility index (Phi) is 9.16. The van der Waals surface area contributed by atoms with Crippen molar-refractivity contribution in [1.82, 2.24) is 15.1 Å². The van der Waals surface area contributed by atoms with E-state index in [1.165, 1.54) is 20.5 Å². The minimum atomic E-state index is -0.449. The van der Waals surface area contributed by atoms with Gasteiger partial charge < -0.3 is 29.0 Å². The number of amides is 1. The Balaban J connectivity index is 0.00000341. The molecular weight excluding hydrogens is 515 g/mol. The number of halogens is 1. The zero-order valence-electron chi connectivity index (χ0n) is 17.8. The van der Waals surface area contributed by atoms with Gasteiger partial charge in [0.1, 0.15) is 11.3 Å². The fraction of sp³-hybridized carbons (Fsp3) is 0.381. The van der Waals surface area contributed by atoms with Crippen LogP contribution in [0.3, 0.4) is 0 Å². The Morgan fingerprint density at radius 3 is 2.42 bits per heavy atom. The van der Waals surface area contributed by atoms with E-state index < -0.39 is 5.97 Å². The first kappa shape index (κ1) is 24.5. The van der Waals surface area contributed by atoms with Gasteiger partial charge in [-0.05, 0) is 29.8 Å². The molecule has 0 aliphatic carbocycles. The molecule has 2 heterocycles. The number of rotatable bonds is 5. The summed E-state index contributed by atoms with van der Waals surface area (Å²) in [5.74, 6) is 1.00. The molecule has 3 rings (SSSR count). The topological polar surface area (TPSA) is 96.6 Å². The molecule has 0 saturated carbocycles. The van der Waals surface area contributed by atoms with E-state index >= 15 is 0 Å². The summed E-state index contributed by atoms with van der Waals surface area (Å²) in [6.45, 7) is 2.95. The van der Waals surface area contributed by atoms with Crippen LogP contribution in [0.2, 0.25) is 0 Å². The number of nitrogens with one attached hydrogen (secondary N) is 1. The lowest BCUT2D eigenvalue weighted by Crippen LogP contribution is -2.53. The monoisotopic (exact) mass is 542 g/mol. The van der Waals surface area contributed by atoms with Gasteiger partial charge in [-0.2, -0.15) is 0 Å². The van der Waals surface area contributed by atoms with Crippen LogP contribution in [0.1, 0.15) is 26.5 Å². The second kappa shape index (κ2) is 11.6. The van der Waals surface area contributed by atoms with E-state index in [0.717, 1.165) is 11.5 Å². The molecule has 0 atom stereocenters. The van der Waals surface area contributed by atoms with Gasteiger partial charge in [0.05, 0.1) is 20.5 Å². The molecule has 9 nitrogen and oxygen atoms in total. The maximum Gasteiger partial charge on any atom is 0.341 e. The summed E-state index contributed by atoms with van der Waals surface area (Å²) in [7, 11) is 4.57. The highest BCUT2D eigenvalue weighted by Crippen LogP contribution is 2.21. The van der Waals surface area contributed by atoms with E-state index in [1.54, 1.807) is 36.2 Å². The van der Waals surface area contributed by atoms with E-state index in [1.807, 2.05) is 6.07 Å². The number of ether oxygens (including phenoxy) is 2. The molecule has 168 valence electrons. The van der Waals surface area contributed by atoms with E-state index in [4.69, 9.17) is 13.9 Å². The minimum Gasteiger partial charge on any atom is -0.496 e. The lowest BCUT2D eigenvalue weighted by Gasteiger charge is -2.36. The predicted octanol–water partition coefficient (Wildman–Crippen LogP) is 2.23. The van der Waals surface area contributed by atoms with Crippen LogP contribution in [0.25, 0.3) is 0 Å². The summed E-state index contributed by atoms with van der Waals surface area (Å²) in [6.07, 6.45) is 1.50. The molecule has 31 heavy (non-hydrogen) atoms. The number of methoxy groups -OCH3 is 2. The molecule has 1 amide bonds. The number of hydrogen-bond donors (Lipinski definition) is 1. The molecule has 1 N–H and O–H groups in total. The van der Waals surface area contributed by atoms with Crippen LogP contribution in [0.5, 0.6) is 5.75 Å². The highest BCUT2D eigenvalue weighted by atomic mass is 127. The third-order valence-corrected chi connectivity index (χ3v) is 4.93. The van der Waals surface area contributed by atoms with Crippen molar-refractivity contribution in [2.75, 3.05) is 47.4 Å². The van der Waals surface area contributed by atoms with Gasteiger partial charge in [-0.3, -0.25) is 9.79 Å². The molecule has 1 aliphatic heterocycles. The standard InChI is InChI=1S/C21H26N4O5.HI/c1-22-21(23-14-15-6-7-17(28-2)16(13-15)20(27)29-3)25-10-8-24(9-11-25)19(26)18-5-4-12-30-18;/h4-7,12-13H,8-11,14H2,1-3H3,(H,22,23);1H. The van der Waals surface area contributed by atoms with Gasteiger partial charge in [0.25, 0.3) is 5.91 Å². The third-order valence-electron chi connectivity index (χ3n) is 4.93. The Morgan fingerprint density at radius 1 is 1.13 bits per heavy atom. The number of esters is 1. The molecule has 0 bridgehead atoms. The normalized spacial score (nSPS) is 14.0. The SMILES string of the molecule is CN=C(NCc1ccc(OC)c(C(=O)OC)c1)N1CCN(C(=O)c2ccco2)CC1.I. The highest BCUT2D eigenvalue weighted by Gasteiger charge is 2.25. The van der Waals surface area contributed by atoms with Gasteiger partial charge >= 0.3 is 5.97 Å². The lowest BCUT2D eigenvalue weighted by atomic mass is 10.1. The number of guanidine groups is 1. The molecule has 1 fully saturated rings. The average molecular weight is 542 g/mol. The molecular formula is C21H27IN4O5. The number of piperazine rings is 1. The third kappa shape index (κ3) is 5.90. The number of benzene rings is 1. The van der Waals surface area contributed by atoms with Crippen molar-refractivity contribution in [2.45, 2.75) is 6.54 Å². The van der Waals surface area contributed by atoms with E-state index in [-0.39, 0.29) is 29.9 Å². The van der Waals surface area contributed by atoms with Crippen molar-refractivity contribution in [3.63, 3.8) is 0 Å². The van der Waals surface area contributed by atoms with E-state index in [0.29, 0.717) is 49.8 Å². The summed E-state index contributed by atoms with van der Waals surface area (Å²) in [5, 5.41) is 3.31. The molecule has 2 aromatic rings. The minimum absolute atomic E-state index is 0. The van der Waals surface area contributed by atoms with Gasteiger partial charge in [-0.15, -0.1) is 24.0 Å². The molecule has 1 aromatic carbocycles. The second-order valence-electron chi connectivity index (χ2n) is 6.68. The summed E-state index contributed by atoms with van der Waals surface area (Å²) in [6, 6.07) is 8.74. The van der Waals surface area contributed by atoms with Crippen LogP contribution in [-0.2, 0) is 11.3 Å². The summed E-state index contributed by atoms with van der Waals surface area (Å²) >= 11 is 0. The van der Waals surface area contributed by atoms with E-state index in [2.05, 4.69) is 15.2 Å². The summed E-state index contributed by atoms with van der Waals surface area (Å²) in [5.41, 5.74) is 1.27. The average Bonchev–Trinajstić information content (AvgIpc) is 3.33. The summed E-state index contributed by atoms with van der Waals surface area (Å²) < 4.78 is 15.3. The van der Waals surface area contributed by atoms with Gasteiger partial charge in [0.15, 0.2) is 11.7 Å². The molecule has 1 aliphatic rings. The Hall–Kier alpha value is -2.76. The van der Waals surface area contributed by atoms with Crippen LogP contribution < -0.4 is 10.1 Å².